The maximum absolute atomic E-state index is 14.2. The van der Waals surface area contributed by atoms with E-state index in [1.54, 1.807) is 50.4 Å². The van der Waals surface area contributed by atoms with Crippen molar-refractivity contribution in [1.29, 1.82) is 0 Å². The summed E-state index contributed by atoms with van der Waals surface area (Å²) in [7, 11) is 0. The van der Waals surface area contributed by atoms with Gasteiger partial charge in [0, 0.05) is 135 Å². The van der Waals surface area contributed by atoms with Gasteiger partial charge in [0.2, 0.25) is 53.2 Å². The molecule has 28 nitrogen and oxygen atoms in total. The number of H-pyrrole nitrogens is 1. The first-order chi connectivity index (χ1) is 45.8. The summed E-state index contributed by atoms with van der Waals surface area (Å²) in [6.45, 7) is 15.4. The summed E-state index contributed by atoms with van der Waals surface area (Å²) in [6.07, 6.45) is 0.719. The van der Waals surface area contributed by atoms with Crippen molar-refractivity contribution in [1.82, 2.24) is 52.8 Å². The zero-order chi connectivity index (χ0) is 72.3. The van der Waals surface area contributed by atoms with Gasteiger partial charge in [-0.2, -0.15) is 0 Å². The van der Waals surface area contributed by atoms with E-state index >= 15 is 0 Å². The summed E-state index contributed by atoms with van der Waals surface area (Å²) >= 11 is 0. The number of amides is 9. The molecule has 1 aromatic heterocycles. The third kappa shape index (κ3) is 34.8. The number of aromatic amines is 1. The van der Waals surface area contributed by atoms with Crippen molar-refractivity contribution in [3.63, 3.8) is 0 Å². The Hall–Kier alpha value is -8.50. The number of benzene rings is 2. The van der Waals surface area contributed by atoms with Gasteiger partial charge in [-0.1, -0.05) is 104 Å². The van der Waals surface area contributed by atoms with Crippen molar-refractivity contribution >= 4 is 82.0 Å². The fourth-order valence-corrected chi connectivity index (χ4v) is 11.5. The predicted molar refractivity (Wildman–Crippen MR) is 366 cm³/mol. The molecule has 0 aliphatic heterocycles. The number of nitrogens with two attached hydrogens (primary N) is 3. The van der Waals surface area contributed by atoms with E-state index in [0.29, 0.717) is 38.6 Å². The molecule has 9 amide bonds. The molecule has 28 heteroatoms. The highest BCUT2D eigenvalue weighted by atomic mass is 16.4. The second-order valence-corrected chi connectivity index (χ2v) is 27.0. The molecule has 9 atom stereocenters. The minimum atomic E-state index is -1.30. The highest BCUT2D eigenvalue weighted by Gasteiger charge is 2.31. The molecule has 0 aliphatic rings. The second kappa shape index (κ2) is 43.6. The van der Waals surface area contributed by atoms with Crippen LogP contribution in [0.4, 0.5) is 0 Å². The summed E-state index contributed by atoms with van der Waals surface area (Å²) in [5.41, 5.74) is 20.0. The lowest BCUT2D eigenvalue weighted by molar-refractivity contribution is -0.141. The highest BCUT2D eigenvalue weighted by Crippen LogP contribution is 2.22. The Balaban J connectivity index is 1.74. The molecule has 0 spiro atoms. The van der Waals surface area contributed by atoms with Crippen LogP contribution >= 0.6 is 0 Å². The normalized spacial score (nSPS) is 14.3. The third-order valence-electron chi connectivity index (χ3n) is 16.5. The van der Waals surface area contributed by atoms with Crippen LogP contribution in [-0.4, -0.2) is 165 Å². The van der Waals surface area contributed by atoms with Crippen LogP contribution in [0.15, 0.2) is 60.8 Å². The van der Waals surface area contributed by atoms with Gasteiger partial charge in [-0.3, -0.25) is 57.5 Å². The van der Waals surface area contributed by atoms with Crippen molar-refractivity contribution < 1.29 is 72.9 Å². The van der Waals surface area contributed by atoms with Gasteiger partial charge in [0.05, 0.1) is 19.3 Å². The lowest BCUT2D eigenvalue weighted by Gasteiger charge is -2.27. The largest absolute Gasteiger partial charge is 0.481 e. The number of carboxylic acid groups (broad SMARTS) is 3. The molecule has 3 aromatic rings. The second-order valence-electron chi connectivity index (χ2n) is 27.0. The Morgan fingerprint density at radius 1 is 0.392 bits per heavy atom. The number of rotatable bonds is 48. The Kier molecular flexibility index (Phi) is 37.2. The zero-order valence-electron chi connectivity index (χ0n) is 57.7. The molecule has 1 heterocycles. The smallest absolute Gasteiger partial charge is 0.305 e. The molecule has 0 fully saturated rings. The summed E-state index contributed by atoms with van der Waals surface area (Å²) in [6, 6.07) is 8.62. The number of carbonyl (C=O) groups is 12. The predicted octanol–water partition coefficient (Wildman–Crippen LogP) is 3.07. The molecule has 0 saturated heterocycles. The molecule has 1 unspecified atom stereocenters. The highest BCUT2D eigenvalue weighted by molar-refractivity contribution is 5.87. The topological polar surface area (TPSA) is 468 Å². The lowest BCUT2D eigenvalue weighted by Crippen LogP contribution is -2.49. The SMILES string of the molecule is CC(C)C[C@@H](CC(=O)NC(CC(=O)O)CC(=O)N[C@H](CC(=O)N[C@H](CC(=O)N[C@@H](CCCN)CC(=O)N[C@H](CC(=O)N[C@H](CC(=O)NC(CC(=O)O)CC(=O)O)Cc1ccccc1)C(C)C)Cc1c[nH]c2ccccc12)C(C)C)NC(=O)C[C@@H](NC(=O)C[C@@H](N)CCCN)C(C)C. The van der Waals surface area contributed by atoms with Crippen LogP contribution in [0.2, 0.25) is 0 Å². The van der Waals surface area contributed by atoms with Gasteiger partial charge in [0.25, 0.3) is 0 Å². The van der Waals surface area contributed by atoms with E-state index in [-0.39, 0.29) is 106 Å². The number of para-hydroxylation sites is 1. The van der Waals surface area contributed by atoms with Crippen LogP contribution in [-0.2, 0) is 70.4 Å². The van der Waals surface area contributed by atoms with Gasteiger partial charge >= 0.3 is 17.9 Å². The Morgan fingerprint density at radius 2 is 0.742 bits per heavy atom. The van der Waals surface area contributed by atoms with Gasteiger partial charge in [-0.25, -0.2) is 0 Å². The summed E-state index contributed by atoms with van der Waals surface area (Å²) in [5.74, 6) is -9.23. The van der Waals surface area contributed by atoms with Gasteiger partial charge < -0.3 is 85.4 Å². The van der Waals surface area contributed by atoms with Gasteiger partial charge in [-0.15, -0.1) is 0 Å². The lowest BCUT2D eigenvalue weighted by atomic mass is 9.97. The maximum Gasteiger partial charge on any atom is 0.305 e. The molecule has 540 valence electrons. The summed E-state index contributed by atoms with van der Waals surface area (Å²) < 4.78 is 0. The van der Waals surface area contributed by atoms with E-state index in [1.165, 1.54) is 0 Å². The maximum atomic E-state index is 14.2. The number of hydrogen-bond donors (Lipinski definition) is 16. The minimum Gasteiger partial charge on any atom is -0.481 e. The summed E-state index contributed by atoms with van der Waals surface area (Å²) in [5, 5.41) is 55.0. The minimum absolute atomic E-state index is 0.0307. The molecule has 97 heavy (non-hydrogen) atoms. The van der Waals surface area contributed by atoms with Gasteiger partial charge in [-0.05, 0) is 98.9 Å². The first kappa shape index (κ1) is 82.7. The number of aromatic nitrogens is 1. The number of carboxylic acids is 3. The Bertz CT molecular complexity index is 3020. The van der Waals surface area contributed by atoms with Crippen molar-refractivity contribution in [2.24, 2.45) is 40.9 Å². The molecular weight excluding hydrogens is 1250 g/mol. The average Bonchev–Trinajstić information content (AvgIpc) is 1.71. The van der Waals surface area contributed by atoms with Crippen LogP contribution < -0.4 is 65.1 Å². The molecule has 19 N–H and O–H groups in total. The standard InChI is InChI=1S/C69H109N13O15/c1-40(2)24-48(75-64(89)36-55(41(3)4)80-58(83)27-46(72)18-14-22-70)29-60(85)78-51(33-67(92)93)32-63(88)82-57(43(7)8)38-66(91)77-50(26-45-39-73-54-21-13-12-20-53(45)54)31-59(84)74-47(19-15-23-71)28-62(87)81-56(42(5)6)37-65(90)76-49(25-44-16-10-9-11-17-44)30-61(86)79-52(34-68(94)95)35-69(96)97/h9-13,16-17,20-21,39-43,46-52,55-57,73H,14-15,18-19,22-38,70-72H2,1-8H3,(H,74,84)(H,75,89)(H,76,90)(H,77,91)(H,78,85)(H,79,86)(H,80,83)(H,81,87)(H,82,88)(H,92,93)(H,94,95)(H,96,97)/t46-,47-,48-,49-,50-,51?,55+,56+,57+/m0/s1. The molecule has 0 aliphatic carbocycles. The van der Waals surface area contributed by atoms with E-state index in [0.717, 1.165) is 22.0 Å². The number of carbonyl (C=O) groups excluding carboxylic acids is 9. The van der Waals surface area contributed by atoms with Gasteiger partial charge in [0.1, 0.15) is 0 Å². The van der Waals surface area contributed by atoms with Crippen molar-refractivity contribution in [2.75, 3.05) is 13.1 Å². The monoisotopic (exact) mass is 1360 g/mol. The number of hydrogen-bond acceptors (Lipinski definition) is 15. The van der Waals surface area contributed by atoms with E-state index < -0.39 is 145 Å². The molecule has 0 radical (unpaired) electrons. The first-order valence-electron chi connectivity index (χ1n) is 33.9. The Morgan fingerprint density at radius 3 is 1.20 bits per heavy atom. The van der Waals surface area contributed by atoms with E-state index in [4.69, 9.17) is 17.2 Å². The first-order valence-corrected chi connectivity index (χ1v) is 33.9. The molecule has 0 bridgehead atoms. The quantitative estimate of drug-likeness (QED) is 0.0386. The van der Waals surface area contributed by atoms with Crippen molar-refractivity contribution in [2.45, 2.75) is 238 Å². The molecular formula is C69H109N13O15. The Labute approximate surface area is 569 Å². The zero-order valence-corrected chi connectivity index (χ0v) is 57.7. The van der Waals surface area contributed by atoms with Crippen LogP contribution in [0, 0.1) is 23.7 Å². The van der Waals surface area contributed by atoms with E-state index in [9.17, 15) is 72.9 Å². The molecule has 2 aromatic carbocycles. The van der Waals surface area contributed by atoms with Crippen LogP contribution in [0.25, 0.3) is 10.9 Å². The van der Waals surface area contributed by atoms with Crippen molar-refractivity contribution in [3.8, 4) is 0 Å². The van der Waals surface area contributed by atoms with Crippen LogP contribution in [0.3, 0.4) is 0 Å². The molecule has 0 saturated carbocycles. The summed E-state index contributed by atoms with van der Waals surface area (Å²) in [4.78, 5) is 161. The number of nitrogens with one attached hydrogen (secondary N) is 10. The number of fused-ring (bicyclic) bond motifs is 1. The van der Waals surface area contributed by atoms with Gasteiger partial charge in [0.15, 0.2) is 0 Å². The number of aliphatic carboxylic acids is 3. The van der Waals surface area contributed by atoms with Crippen molar-refractivity contribution in [3.05, 3.63) is 71.9 Å². The third-order valence-corrected chi connectivity index (χ3v) is 16.5. The molecule has 3 rings (SSSR count). The fourth-order valence-electron chi connectivity index (χ4n) is 11.5. The fraction of sp³-hybridized carbons (Fsp3) is 0.623. The average molecular weight is 1360 g/mol. The van der Waals surface area contributed by atoms with E-state index in [1.807, 2.05) is 65.8 Å². The van der Waals surface area contributed by atoms with E-state index in [2.05, 4.69) is 52.8 Å². The van der Waals surface area contributed by atoms with Crippen LogP contribution in [0.1, 0.15) is 176 Å². The van der Waals surface area contributed by atoms with Crippen LogP contribution in [0.5, 0.6) is 0 Å².